The minimum Gasteiger partial charge on any atom is -0.372 e. The quantitative estimate of drug-likeness (QED) is 0.563. The number of H-pyrrole nitrogens is 1. The van der Waals surface area contributed by atoms with Gasteiger partial charge >= 0.3 is 0 Å². The summed E-state index contributed by atoms with van der Waals surface area (Å²) < 4.78 is 0.659. The molecule has 0 aliphatic rings. The SMILES string of the molecule is CCCCCCNc1cc(=S)nc(CC)[nH]1. The highest BCUT2D eigenvalue weighted by Gasteiger charge is 1.96. The summed E-state index contributed by atoms with van der Waals surface area (Å²) in [7, 11) is 0. The zero-order chi connectivity index (χ0) is 11.8. The topological polar surface area (TPSA) is 40.7 Å². The van der Waals surface area contributed by atoms with Crippen molar-refractivity contribution in [1.29, 1.82) is 0 Å². The maximum absolute atomic E-state index is 5.10. The van der Waals surface area contributed by atoms with E-state index in [0.717, 1.165) is 24.6 Å². The molecule has 0 radical (unpaired) electrons. The second-order valence-electron chi connectivity index (χ2n) is 3.92. The second-order valence-corrected chi connectivity index (χ2v) is 4.34. The van der Waals surface area contributed by atoms with Crippen LogP contribution in [0.2, 0.25) is 0 Å². The van der Waals surface area contributed by atoms with Crippen molar-refractivity contribution in [3.8, 4) is 0 Å². The van der Waals surface area contributed by atoms with Crippen molar-refractivity contribution in [2.45, 2.75) is 46.0 Å². The lowest BCUT2D eigenvalue weighted by molar-refractivity contribution is 0.684. The lowest BCUT2D eigenvalue weighted by Crippen LogP contribution is -2.05. The van der Waals surface area contributed by atoms with Crippen molar-refractivity contribution in [2.75, 3.05) is 11.9 Å². The molecule has 0 atom stereocenters. The number of hydrogen-bond acceptors (Lipinski definition) is 3. The second kappa shape index (κ2) is 7.39. The molecular weight excluding hydrogens is 218 g/mol. The van der Waals surface area contributed by atoms with Gasteiger partial charge in [-0.05, 0) is 6.42 Å². The van der Waals surface area contributed by atoms with E-state index in [0.29, 0.717) is 4.64 Å². The number of aromatic nitrogens is 2. The fraction of sp³-hybridized carbons (Fsp3) is 0.667. The monoisotopic (exact) mass is 239 g/mol. The molecule has 1 aromatic rings. The van der Waals surface area contributed by atoms with Crippen molar-refractivity contribution < 1.29 is 0 Å². The molecule has 0 aliphatic carbocycles. The van der Waals surface area contributed by atoms with Crippen LogP contribution in [0.15, 0.2) is 6.07 Å². The summed E-state index contributed by atoms with van der Waals surface area (Å²) in [6.07, 6.45) is 5.97. The minimum absolute atomic E-state index is 0.659. The number of nitrogens with one attached hydrogen (secondary N) is 2. The van der Waals surface area contributed by atoms with Crippen LogP contribution in [0.1, 0.15) is 45.4 Å². The highest BCUT2D eigenvalue weighted by Crippen LogP contribution is 2.05. The molecule has 2 N–H and O–H groups in total. The van der Waals surface area contributed by atoms with E-state index in [1.54, 1.807) is 0 Å². The Labute approximate surface area is 103 Å². The summed E-state index contributed by atoms with van der Waals surface area (Å²) in [6, 6.07) is 1.88. The molecule has 1 rings (SSSR count). The van der Waals surface area contributed by atoms with Gasteiger partial charge in [0.1, 0.15) is 16.3 Å². The van der Waals surface area contributed by atoms with Crippen LogP contribution in [-0.2, 0) is 6.42 Å². The van der Waals surface area contributed by atoms with Crippen LogP contribution in [0.5, 0.6) is 0 Å². The Hall–Kier alpha value is -0.900. The average molecular weight is 239 g/mol. The fourth-order valence-electron chi connectivity index (χ4n) is 1.55. The predicted molar refractivity (Wildman–Crippen MR) is 71.4 cm³/mol. The molecule has 0 fully saturated rings. The van der Waals surface area contributed by atoms with E-state index in [-0.39, 0.29) is 0 Å². The molecule has 0 bridgehead atoms. The van der Waals surface area contributed by atoms with Crippen LogP contribution in [0.4, 0.5) is 5.82 Å². The van der Waals surface area contributed by atoms with Gasteiger partial charge in [0.2, 0.25) is 0 Å². The molecule has 90 valence electrons. The number of hydrogen-bond donors (Lipinski definition) is 2. The van der Waals surface area contributed by atoms with E-state index in [4.69, 9.17) is 12.2 Å². The van der Waals surface area contributed by atoms with Crippen molar-refractivity contribution in [3.63, 3.8) is 0 Å². The maximum atomic E-state index is 5.10. The first-order chi connectivity index (χ1) is 7.76. The lowest BCUT2D eigenvalue weighted by Gasteiger charge is -2.07. The predicted octanol–water partition coefficient (Wildman–Crippen LogP) is 3.69. The van der Waals surface area contributed by atoms with Crippen LogP contribution in [0.3, 0.4) is 0 Å². The fourth-order valence-corrected chi connectivity index (χ4v) is 1.77. The zero-order valence-corrected chi connectivity index (χ0v) is 11.0. The Morgan fingerprint density at radius 2 is 2.12 bits per heavy atom. The minimum atomic E-state index is 0.659. The van der Waals surface area contributed by atoms with Gasteiger partial charge in [-0.1, -0.05) is 45.3 Å². The molecule has 4 heteroatoms. The van der Waals surface area contributed by atoms with Gasteiger partial charge < -0.3 is 10.3 Å². The van der Waals surface area contributed by atoms with Crippen molar-refractivity contribution in [3.05, 3.63) is 16.5 Å². The summed E-state index contributed by atoms with van der Waals surface area (Å²) in [4.78, 5) is 7.47. The van der Waals surface area contributed by atoms with E-state index < -0.39 is 0 Å². The standard InChI is InChI=1S/C12H21N3S/c1-3-5-6-7-8-13-11-9-12(16)15-10(4-2)14-11/h9H,3-8H2,1-2H3,(H2,13,14,15,16). The number of unbranched alkanes of at least 4 members (excludes halogenated alkanes) is 3. The Bertz CT molecular complexity index is 360. The first kappa shape index (κ1) is 13.2. The Balaban J connectivity index is 2.41. The number of aromatic amines is 1. The number of aryl methyl sites for hydroxylation is 1. The normalized spacial score (nSPS) is 10.4. The van der Waals surface area contributed by atoms with Crippen LogP contribution < -0.4 is 5.32 Å². The molecular formula is C12H21N3S. The van der Waals surface area contributed by atoms with Gasteiger partial charge in [0.05, 0.1) is 0 Å². The van der Waals surface area contributed by atoms with Crippen molar-refractivity contribution in [2.24, 2.45) is 0 Å². The zero-order valence-electron chi connectivity index (χ0n) is 10.2. The molecule has 1 aromatic heterocycles. The molecule has 0 unspecified atom stereocenters. The summed E-state index contributed by atoms with van der Waals surface area (Å²) in [6.45, 7) is 5.29. The highest BCUT2D eigenvalue weighted by molar-refractivity contribution is 7.71. The molecule has 0 aliphatic heterocycles. The molecule has 3 nitrogen and oxygen atoms in total. The van der Waals surface area contributed by atoms with E-state index in [9.17, 15) is 0 Å². The van der Waals surface area contributed by atoms with Crippen LogP contribution >= 0.6 is 12.2 Å². The van der Waals surface area contributed by atoms with Gasteiger partial charge in [0.25, 0.3) is 0 Å². The van der Waals surface area contributed by atoms with Crippen LogP contribution in [-0.4, -0.2) is 16.5 Å². The van der Waals surface area contributed by atoms with Gasteiger partial charge in [-0.25, -0.2) is 4.98 Å². The van der Waals surface area contributed by atoms with Crippen LogP contribution in [0.25, 0.3) is 0 Å². The molecule has 0 spiro atoms. The van der Waals surface area contributed by atoms with Crippen molar-refractivity contribution in [1.82, 2.24) is 9.97 Å². The van der Waals surface area contributed by atoms with Crippen molar-refractivity contribution >= 4 is 18.0 Å². The van der Waals surface area contributed by atoms with Gasteiger partial charge in [-0.3, -0.25) is 0 Å². The number of anilines is 1. The molecule has 1 heterocycles. The van der Waals surface area contributed by atoms with Gasteiger partial charge in [0, 0.05) is 19.0 Å². The van der Waals surface area contributed by atoms with E-state index >= 15 is 0 Å². The van der Waals surface area contributed by atoms with Gasteiger partial charge in [0.15, 0.2) is 0 Å². The number of nitrogens with zero attached hydrogens (tertiary/aromatic N) is 1. The third kappa shape index (κ3) is 4.75. The molecule has 0 aromatic carbocycles. The van der Waals surface area contributed by atoms with E-state index in [2.05, 4.69) is 29.1 Å². The van der Waals surface area contributed by atoms with E-state index in [1.165, 1.54) is 25.7 Å². The third-order valence-corrected chi connectivity index (χ3v) is 2.68. The van der Waals surface area contributed by atoms with E-state index in [1.807, 2.05) is 6.07 Å². The summed E-state index contributed by atoms with van der Waals surface area (Å²) in [5.41, 5.74) is 0. The Morgan fingerprint density at radius 1 is 1.31 bits per heavy atom. The van der Waals surface area contributed by atoms with Gasteiger partial charge in [-0.2, -0.15) is 0 Å². The molecule has 16 heavy (non-hydrogen) atoms. The maximum Gasteiger partial charge on any atom is 0.131 e. The van der Waals surface area contributed by atoms with Gasteiger partial charge in [-0.15, -0.1) is 0 Å². The average Bonchev–Trinajstić information content (AvgIpc) is 2.28. The summed E-state index contributed by atoms with van der Waals surface area (Å²) in [5, 5.41) is 3.36. The summed E-state index contributed by atoms with van der Waals surface area (Å²) in [5.74, 6) is 1.94. The number of rotatable bonds is 7. The first-order valence-corrected chi connectivity index (χ1v) is 6.51. The lowest BCUT2D eigenvalue weighted by atomic mass is 10.2. The smallest absolute Gasteiger partial charge is 0.131 e. The van der Waals surface area contributed by atoms with Crippen LogP contribution in [0, 0.1) is 4.64 Å². The summed E-state index contributed by atoms with van der Waals surface area (Å²) >= 11 is 5.10. The molecule has 0 saturated carbocycles. The highest BCUT2D eigenvalue weighted by atomic mass is 32.1. The largest absolute Gasteiger partial charge is 0.372 e. The molecule has 0 amide bonds. The Morgan fingerprint density at radius 3 is 2.81 bits per heavy atom. The Kier molecular flexibility index (Phi) is 6.08. The third-order valence-electron chi connectivity index (χ3n) is 2.47. The first-order valence-electron chi connectivity index (χ1n) is 6.10. The molecule has 0 saturated heterocycles.